The van der Waals surface area contributed by atoms with Crippen molar-refractivity contribution in [3.05, 3.63) is 12.2 Å². The standard InChI is InChI=1S/C32H62O3/c1-3-5-7-9-11-13-15-17-19-21-23-25-27-29-31(33)30(32(34)35)28-26-24-22-20-18-16-14-12-10-8-6-4-2/h13,15,30-31,33H,3-12,14,16-29H2,1-2H3,(H,34,35). The van der Waals surface area contributed by atoms with Crippen molar-refractivity contribution < 1.29 is 15.0 Å². The molecule has 35 heavy (non-hydrogen) atoms. The minimum absolute atomic E-state index is 0.583. The molecule has 208 valence electrons. The Morgan fingerprint density at radius 1 is 0.543 bits per heavy atom. The number of aliphatic hydroxyl groups is 1. The molecular formula is C32H62O3. The molecule has 0 heterocycles. The number of allylic oxidation sites excluding steroid dienone is 2. The van der Waals surface area contributed by atoms with Gasteiger partial charge >= 0.3 is 5.97 Å². The normalized spacial score (nSPS) is 13.5. The molecule has 3 heteroatoms. The average Bonchev–Trinajstić information content (AvgIpc) is 2.84. The number of rotatable bonds is 28. The van der Waals surface area contributed by atoms with E-state index in [0.717, 1.165) is 25.7 Å². The number of hydrogen-bond donors (Lipinski definition) is 2. The average molecular weight is 495 g/mol. The molecule has 0 saturated heterocycles. The van der Waals surface area contributed by atoms with Crippen molar-refractivity contribution in [2.75, 3.05) is 0 Å². The molecule has 0 saturated carbocycles. The number of hydrogen-bond acceptors (Lipinski definition) is 2. The smallest absolute Gasteiger partial charge is 0.309 e. The van der Waals surface area contributed by atoms with Crippen LogP contribution in [0.15, 0.2) is 12.2 Å². The molecule has 2 unspecified atom stereocenters. The van der Waals surface area contributed by atoms with E-state index in [-0.39, 0.29) is 0 Å². The molecule has 0 aromatic carbocycles. The summed E-state index contributed by atoms with van der Waals surface area (Å²) in [6, 6.07) is 0. The summed E-state index contributed by atoms with van der Waals surface area (Å²) in [5, 5.41) is 20.0. The zero-order valence-corrected chi connectivity index (χ0v) is 23.8. The van der Waals surface area contributed by atoms with Gasteiger partial charge in [0.05, 0.1) is 12.0 Å². The van der Waals surface area contributed by atoms with Crippen LogP contribution in [0.1, 0.15) is 174 Å². The molecule has 0 radical (unpaired) electrons. The Morgan fingerprint density at radius 3 is 1.31 bits per heavy atom. The minimum Gasteiger partial charge on any atom is -0.481 e. The van der Waals surface area contributed by atoms with Gasteiger partial charge in [-0.2, -0.15) is 0 Å². The fourth-order valence-corrected chi connectivity index (χ4v) is 4.96. The summed E-state index contributed by atoms with van der Waals surface area (Å²) in [5.41, 5.74) is 0. The van der Waals surface area contributed by atoms with Gasteiger partial charge in [0.25, 0.3) is 0 Å². The third kappa shape index (κ3) is 24.6. The maximum atomic E-state index is 11.6. The molecule has 0 aliphatic heterocycles. The Morgan fingerprint density at radius 2 is 0.886 bits per heavy atom. The first kappa shape index (κ1) is 34.2. The summed E-state index contributed by atoms with van der Waals surface area (Å²) in [6.07, 6.45) is 34.1. The van der Waals surface area contributed by atoms with Gasteiger partial charge in [-0.1, -0.05) is 148 Å². The van der Waals surface area contributed by atoms with Gasteiger partial charge in [-0.15, -0.1) is 0 Å². The number of carboxylic acids is 1. The lowest BCUT2D eigenvalue weighted by Crippen LogP contribution is -2.28. The Hall–Kier alpha value is -0.830. The van der Waals surface area contributed by atoms with E-state index in [1.165, 1.54) is 122 Å². The highest BCUT2D eigenvalue weighted by Gasteiger charge is 2.25. The molecule has 0 amide bonds. The highest BCUT2D eigenvalue weighted by Crippen LogP contribution is 2.21. The second kappa shape index (κ2) is 27.8. The predicted molar refractivity (Wildman–Crippen MR) is 153 cm³/mol. The second-order valence-electron chi connectivity index (χ2n) is 10.9. The van der Waals surface area contributed by atoms with Gasteiger partial charge in [0.1, 0.15) is 0 Å². The number of aliphatic carboxylic acids is 1. The van der Waals surface area contributed by atoms with E-state index in [9.17, 15) is 15.0 Å². The molecule has 0 spiro atoms. The van der Waals surface area contributed by atoms with Crippen molar-refractivity contribution in [3.63, 3.8) is 0 Å². The molecule has 0 fully saturated rings. The predicted octanol–water partition coefficient (Wildman–Crippen LogP) is 10.4. The largest absolute Gasteiger partial charge is 0.481 e. The topological polar surface area (TPSA) is 57.5 Å². The van der Waals surface area contributed by atoms with Gasteiger partial charge in [0.2, 0.25) is 0 Å². The van der Waals surface area contributed by atoms with Gasteiger partial charge in [0, 0.05) is 0 Å². The van der Waals surface area contributed by atoms with Crippen LogP contribution in [0, 0.1) is 5.92 Å². The van der Waals surface area contributed by atoms with E-state index < -0.39 is 18.0 Å². The maximum absolute atomic E-state index is 11.6. The summed E-state index contributed by atoms with van der Waals surface area (Å²) >= 11 is 0. The number of aliphatic hydroxyl groups excluding tert-OH is 1. The van der Waals surface area contributed by atoms with E-state index in [4.69, 9.17) is 0 Å². The Labute approximate surface area is 219 Å². The first-order valence-electron chi connectivity index (χ1n) is 15.7. The SMILES string of the molecule is CCCCCCC=CCCCCCCCC(O)C(CCCCCCCCCCCCCC)C(=O)O. The Bertz CT molecular complexity index is 460. The summed E-state index contributed by atoms with van der Waals surface area (Å²) in [5.74, 6) is -1.40. The summed E-state index contributed by atoms with van der Waals surface area (Å²) in [6.45, 7) is 4.51. The van der Waals surface area contributed by atoms with Crippen molar-refractivity contribution in [2.45, 2.75) is 180 Å². The van der Waals surface area contributed by atoms with Crippen molar-refractivity contribution in [3.8, 4) is 0 Å². The van der Waals surface area contributed by atoms with Crippen LogP contribution in [0.4, 0.5) is 0 Å². The van der Waals surface area contributed by atoms with Gasteiger partial charge in [-0.05, 0) is 38.5 Å². The highest BCUT2D eigenvalue weighted by atomic mass is 16.4. The summed E-state index contributed by atoms with van der Waals surface area (Å²) < 4.78 is 0. The monoisotopic (exact) mass is 494 g/mol. The second-order valence-corrected chi connectivity index (χ2v) is 10.9. The fourth-order valence-electron chi connectivity index (χ4n) is 4.96. The summed E-state index contributed by atoms with van der Waals surface area (Å²) in [4.78, 5) is 11.6. The highest BCUT2D eigenvalue weighted by molar-refractivity contribution is 5.70. The van der Waals surface area contributed by atoms with Crippen LogP contribution >= 0.6 is 0 Å². The zero-order chi connectivity index (χ0) is 25.8. The van der Waals surface area contributed by atoms with E-state index in [1.807, 2.05) is 0 Å². The molecule has 0 rings (SSSR count). The molecule has 2 atom stereocenters. The quantitative estimate of drug-likeness (QED) is 0.0839. The molecule has 0 aromatic heterocycles. The van der Waals surface area contributed by atoms with Crippen molar-refractivity contribution >= 4 is 5.97 Å². The molecule has 0 aliphatic rings. The van der Waals surface area contributed by atoms with Crippen LogP contribution in [0.5, 0.6) is 0 Å². The molecule has 0 bridgehead atoms. The van der Waals surface area contributed by atoms with Crippen molar-refractivity contribution in [1.29, 1.82) is 0 Å². The fraction of sp³-hybridized carbons (Fsp3) is 0.906. The zero-order valence-electron chi connectivity index (χ0n) is 23.8. The Kier molecular flexibility index (Phi) is 27.1. The lowest BCUT2D eigenvalue weighted by atomic mass is 9.91. The summed E-state index contributed by atoms with van der Waals surface area (Å²) in [7, 11) is 0. The van der Waals surface area contributed by atoms with Crippen LogP contribution in [-0.4, -0.2) is 22.3 Å². The molecule has 0 aromatic rings. The van der Waals surface area contributed by atoms with E-state index in [0.29, 0.717) is 12.8 Å². The van der Waals surface area contributed by atoms with E-state index in [1.54, 1.807) is 0 Å². The van der Waals surface area contributed by atoms with Crippen LogP contribution in [0.3, 0.4) is 0 Å². The van der Waals surface area contributed by atoms with Crippen molar-refractivity contribution in [1.82, 2.24) is 0 Å². The lowest BCUT2D eigenvalue weighted by molar-refractivity contribution is -0.146. The van der Waals surface area contributed by atoms with E-state index >= 15 is 0 Å². The maximum Gasteiger partial charge on any atom is 0.309 e. The van der Waals surface area contributed by atoms with Gasteiger partial charge in [-0.3, -0.25) is 4.79 Å². The lowest BCUT2D eigenvalue weighted by Gasteiger charge is -2.19. The molecule has 2 N–H and O–H groups in total. The number of unbranched alkanes of at least 4 members (excludes halogenated alkanes) is 20. The van der Waals surface area contributed by atoms with Gasteiger partial charge < -0.3 is 10.2 Å². The van der Waals surface area contributed by atoms with Gasteiger partial charge in [0.15, 0.2) is 0 Å². The van der Waals surface area contributed by atoms with Crippen LogP contribution in [0.2, 0.25) is 0 Å². The third-order valence-corrected chi connectivity index (χ3v) is 7.41. The molecule has 3 nitrogen and oxygen atoms in total. The molecule has 0 aliphatic carbocycles. The first-order valence-corrected chi connectivity index (χ1v) is 15.7. The van der Waals surface area contributed by atoms with Gasteiger partial charge in [-0.25, -0.2) is 0 Å². The molecular weight excluding hydrogens is 432 g/mol. The van der Waals surface area contributed by atoms with Crippen LogP contribution in [0.25, 0.3) is 0 Å². The van der Waals surface area contributed by atoms with Crippen molar-refractivity contribution in [2.24, 2.45) is 5.92 Å². The van der Waals surface area contributed by atoms with Crippen LogP contribution in [-0.2, 0) is 4.79 Å². The minimum atomic E-state index is -0.818. The number of carboxylic acid groups (broad SMARTS) is 1. The van der Waals surface area contributed by atoms with E-state index in [2.05, 4.69) is 26.0 Å². The van der Waals surface area contributed by atoms with Crippen LogP contribution < -0.4 is 0 Å². The Balaban J connectivity index is 3.62. The first-order chi connectivity index (χ1) is 17.1. The third-order valence-electron chi connectivity index (χ3n) is 7.41. The number of carbonyl (C=O) groups is 1.